The van der Waals surface area contributed by atoms with E-state index in [2.05, 4.69) is 10.4 Å². The van der Waals surface area contributed by atoms with Crippen molar-refractivity contribution in [1.29, 1.82) is 0 Å². The summed E-state index contributed by atoms with van der Waals surface area (Å²) in [6.07, 6.45) is 1.74. The minimum absolute atomic E-state index is 0.0389. The molecule has 1 aromatic rings. The molecule has 1 atom stereocenters. The Hall–Kier alpha value is -2.05. The molecule has 7 heteroatoms. The van der Waals surface area contributed by atoms with E-state index in [-0.39, 0.29) is 11.9 Å². The number of likely N-dealkylation sites (tertiary alicyclic amines) is 1. The van der Waals surface area contributed by atoms with Crippen LogP contribution >= 0.6 is 0 Å². The number of carbonyl (C=O) groups is 2. The van der Waals surface area contributed by atoms with Crippen molar-refractivity contribution in [3.8, 4) is 0 Å². The number of hydrogen-bond donors (Lipinski definition) is 2. The van der Waals surface area contributed by atoms with Crippen LogP contribution in [0.2, 0.25) is 0 Å². The molecule has 1 unspecified atom stereocenters. The van der Waals surface area contributed by atoms with Crippen LogP contribution in [0.25, 0.3) is 0 Å². The van der Waals surface area contributed by atoms with E-state index in [1.807, 2.05) is 0 Å². The highest BCUT2D eigenvalue weighted by molar-refractivity contribution is 5.89. The Balaban J connectivity index is 1.81. The van der Waals surface area contributed by atoms with Crippen LogP contribution in [0.15, 0.2) is 12.3 Å². The van der Waals surface area contributed by atoms with Crippen LogP contribution in [0.1, 0.15) is 6.92 Å². The maximum atomic E-state index is 11.8. The Morgan fingerprint density at radius 3 is 2.72 bits per heavy atom. The van der Waals surface area contributed by atoms with Crippen molar-refractivity contribution in [3.63, 3.8) is 0 Å². The molecular weight excluding hydrogens is 236 g/mol. The molecule has 0 radical (unpaired) electrons. The Bertz CT molecular complexity index is 465. The number of anilines is 1. The zero-order valence-electron chi connectivity index (χ0n) is 10.3. The minimum Gasteiger partial charge on any atom is -0.481 e. The molecule has 0 aliphatic carbocycles. The number of carbonyl (C=O) groups excluding carboxylic acids is 1. The fourth-order valence-corrected chi connectivity index (χ4v) is 1.87. The third-order valence-corrected chi connectivity index (χ3v) is 3.24. The SMILES string of the molecule is CC(C(=O)O)C1CN(C(=O)Nc2ccn(C)n2)C1. The molecule has 98 valence electrons. The molecule has 18 heavy (non-hydrogen) atoms. The molecular formula is C11H16N4O3. The van der Waals surface area contributed by atoms with Gasteiger partial charge in [0.05, 0.1) is 5.92 Å². The van der Waals surface area contributed by atoms with Gasteiger partial charge in [0.2, 0.25) is 0 Å². The van der Waals surface area contributed by atoms with Crippen LogP contribution in [0.4, 0.5) is 10.6 Å². The van der Waals surface area contributed by atoms with Gasteiger partial charge in [-0.25, -0.2) is 4.79 Å². The number of aliphatic carboxylic acids is 1. The molecule has 2 amide bonds. The van der Waals surface area contributed by atoms with Crippen LogP contribution in [0.5, 0.6) is 0 Å². The standard InChI is InChI=1S/C11H16N4O3/c1-7(10(16)17)8-5-15(6-8)11(18)12-9-3-4-14(2)13-9/h3-4,7-8H,5-6H2,1-2H3,(H,16,17)(H,12,13,18). The van der Waals surface area contributed by atoms with Crippen LogP contribution in [0, 0.1) is 11.8 Å². The largest absolute Gasteiger partial charge is 0.481 e. The first-order chi connectivity index (χ1) is 8.47. The molecule has 2 rings (SSSR count). The first kappa shape index (κ1) is 12.4. The Kier molecular flexibility index (Phi) is 3.22. The summed E-state index contributed by atoms with van der Waals surface area (Å²) >= 11 is 0. The normalized spacial score (nSPS) is 17.1. The lowest BCUT2D eigenvalue weighted by molar-refractivity contribution is -0.144. The molecule has 2 heterocycles. The summed E-state index contributed by atoms with van der Waals surface area (Å²) in [5, 5.41) is 15.5. The van der Waals surface area contributed by atoms with Gasteiger partial charge in [0.15, 0.2) is 5.82 Å². The van der Waals surface area contributed by atoms with Gasteiger partial charge in [0, 0.05) is 38.3 Å². The number of aryl methyl sites for hydroxylation is 1. The highest BCUT2D eigenvalue weighted by Gasteiger charge is 2.37. The van der Waals surface area contributed by atoms with Crippen LogP contribution in [-0.4, -0.2) is 44.9 Å². The molecule has 1 aliphatic rings. The van der Waals surface area contributed by atoms with Gasteiger partial charge in [-0.1, -0.05) is 6.92 Å². The number of urea groups is 1. The van der Waals surface area contributed by atoms with Crippen molar-refractivity contribution in [2.75, 3.05) is 18.4 Å². The summed E-state index contributed by atoms with van der Waals surface area (Å²) < 4.78 is 1.60. The highest BCUT2D eigenvalue weighted by atomic mass is 16.4. The minimum atomic E-state index is -0.815. The van der Waals surface area contributed by atoms with Gasteiger partial charge in [-0.2, -0.15) is 5.10 Å². The van der Waals surface area contributed by atoms with E-state index < -0.39 is 11.9 Å². The summed E-state index contributed by atoms with van der Waals surface area (Å²) in [5.41, 5.74) is 0. The lowest BCUT2D eigenvalue weighted by Gasteiger charge is -2.40. The Morgan fingerprint density at radius 2 is 2.22 bits per heavy atom. The average Bonchev–Trinajstić information content (AvgIpc) is 2.61. The summed E-state index contributed by atoms with van der Waals surface area (Å²) in [7, 11) is 1.77. The van der Waals surface area contributed by atoms with E-state index in [0.717, 1.165) is 0 Å². The van der Waals surface area contributed by atoms with Crippen molar-refractivity contribution < 1.29 is 14.7 Å². The van der Waals surface area contributed by atoms with E-state index in [4.69, 9.17) is 5.11 Å². The summed E-state index contributed by atoms with van der Waals surface area (Å²) in [6, 6.07) is 1.47. The number of nitrogens with one attached hydrogen (secondary N) is 1. The predicted molar refractivity (Wildman–Crippen MR) is 64.1 cm³/mol. The molecule has 1 aromatic heterocycles. The molecule has 0 saturated carbocycles. The third kappa shape index (κ3) is 2.44. The predicted octanol–water partition coefficient (Wildman–Crippen LogP) is 0.604. The first-order valence-corrected chi connectivity index (χ1v) is 5.75. The number of rotatable bonds is 3. The third-order valence-electron chi connectivity index (χ3n) is 3.24. The lowest BCUT2D eigenvalue weighted by Crippen LogP contribution is -2.54. The second kappa shape index (κ2) is 4.67. The monoisotopic (exact) mass is 252 g/mol. The van der Waals surface area contributed by atoms with Crippen LogP contribution in [-0.2, 0) is 11.8 Å². The lowest BCUT2D eigenvalue weighted by atomic mass is 9.87. The quantitative estimate of drug-likeness (QED) is 0.824. The van der Waals surface area contributed by atoms with Gasteiger partial charge in [0.25, 0.3) is 0 Å². The number of carboxylic acids is 1. The van der Waals surface area contributed by atoms with Gasteiger partial charge in [-0.15, -0.1) is 0 Å². The maximum absolute atomic E-state index is 11.8. The fourth-order valence-electron chi connectivity index (χ4n) is 1.87. The van der Waals surface area contributed by atoms with Crippen molar-refractivity contribution in [1.82, 2.24) is 14.7 Å². The number of aromatic nitrogens is 2. The van der Waals surface area contributed by atoms with Gasteiger partial charge >= 0.3 is 12.0 Å². The van der Waals surface area contributed by atoms with Gasteiger partial charge < -0.3 is 10.0 Å². The zero-order valence-corrected chi connectivity index (χ0v) is 10.3. The van der Waals surface area contributed by atoms with Crippen molar-refractivity contribution >= 4 is 17.8 Å². The molecule has 1 aliphatic heterocycles. The Morgan fingerprint density at radius 1 is 1.56 bits per heavy atom. The maximum Gasteiger partial charge on any atom is 0.323 e. The van der Waals surface area contributed by atoms with E-state index in [9.17, 15) is 9.59 Å². The van der Waals surface area contributed by atoms with E-state index >= 15 is 0 Å². The number of carboxylic acid groups (broad SMARTS) is 1. The van der Waals surface area contributed by atoms with E-state index in [1.165, 1.54) is 0 Å². The summed E-state index contributed by atoms with van der Waals surface area (Å²) in [6.45, 7) is 2.62. The van der Waals surface area contributed by atoms with Gasteiger partial charge in [-0.05, 0) is 0 Å². The number of nitrogens with zero attached hydrogens (tertiary/aromatic N) is 3. The van der Waals surface area contributed by atoms with Crippen molar-refractivity contribution in [2.24, 2.45) is 18.9 Å². The van der Waals surface area contributed by atoms with Gasteiger partial charge in [-0.3, -0.25) is 14.8 Å². The molecule has 1 saturated heterocycles. The fraction of sp³-hybridized carbons (Fsp3) is 0.545. The first-order valence-electron chi connectivity index (χ1n) is 5.75. The number of hydrogen-bond acceptors (Lipinski definition) is 3. The molecule has 1 fully saturated rings. The van der Waals surface area contributed by atoms with Crippen LogP contribution in [0.3, 0.4) is 0 Å². The second-order valence-electron chi connectivity index (χ2n) is 4.60. The van der Waals surface area contributed by atoms with Crippen LogP contribution < -0.4 is 5.32 Å². The molecule has 0 spiro atoms. The van der Waals surface area contributed by atoms with Crippen molar-refractivity contribution in [3.05, 3.63) is 12.3 Å². The average molecular weight is 252 g/mol. The topological polar surface area (TPSA) is 87.5 Å². The molecule has 2 N–H and O–H groups in total. The van der Waals surface area contributed by atoms with Gasteiger partial charge in [0.1, 0.15) is 0 Å². The van der Waals surface area contributed by atoms with E-state index in [1.54, 1.807) is 35.8 Å². The van der Waals surface area contributed by atoms with E-state index in [0.29, 0.717) is 18.9 Å². The molecule has 0 bridgehead atoms. The highest BCUT2D eigenvalue weighted by Crippen LogP contribution is 2.24. The second-order valence-corrected chi connectivity index (χ2v) is 4.60. The molecule has 7 nitrogen and oxygen atoms in total. The summed E-state index contributed by atoms with van der Waals surface area (Å²) in [5.74, 6) is -0.692. The summed E-state index contributed by atoms with van der Waals surface area (Å²) in [4.78, 5) is 24.1. The Labute approximate surface area is 104 Å². The number of amides is 2. The molecule has 0 aromatic carbocycles. The zero-order chi connectivity index (χ0) is 13.3. The van der Waals surface area contributed by atoms with Crippen molar-refractivity contribution in [2.45, 2.75) is 6.92 Å². The smallest absolute Gasteiger partial charge is 0.323 e.